The highest BCUT2D eigenvalue weighted by Crippen LogP contribution is 2.39. The Balaban J connectivity index is 1.59. The number of hydrogen-bond acceptors (Lipinski definition) is 3. The summed E-state index contributed by atoms with van der Waals surface area (Å²) in [6, 6.07) is 19.2. The Morgan fingerprint density at radius 3 is 2.29 bits per heavy atom. The van der Waals surface area contributed by atoms with E-state index in [9.17, 15) is 9.59 Å². The van der Waals surface area contributed by atoms with Gasteiger partial charge in [-0.2, -0.15) is 0 Å². The van der Waals surface area contributed by atoms with Gasteiger partial charge in [0.1, 0.15) is 6.10 Å². The van der Waals surface area contributed by atoms with Gasteiger partial charge < -0.3 is 4.74 Å². The van der Waals surface area contributed by atoms with Crippen molar-refractivity contribution in [1.82, 2.24) is 4.90 Å². The topological polar surface area (TPSA) is 46.6 Å². The first-order valence-electron chi connectivity index (χ1n) is 10.3. The number of imide groups is 1. The van der Waals surface area contributed by atoms with E-state index < -0.39 is 12.2 Å². The highest BCUT2D eigenvalue weighted by atomic mass is 16.6. The maximum Gasteiger partial charge on any atom is 0.417 e. The molecule has 4 heteroatoms. The molecule has 0 bridgehead atoms. The predicted octanol–water partition coefficient (Wildman–Crippen LogP) is 5.46. The highest BCUT2D eigenvalue weighted by molar-refractivity contribution is 5.97. The number of carbonyl (C=O) groups is 2. The molecule has 1 heterocycles. The van der Waals surface area contributed by atoms with Crippen LogP contribution in [0.2, 0.25) is 0 Å². The van der Waals surface area contributed by atoms with Crippen LogP contribution >= 0.6 is 0 Å². The number of benzene rings is 2. The predicted molar refractivity (Wildman–Crippen MR) is 108 cm³/mol. The molecule has 0 spiro atoms. The van der Waals surface area contributed by atoms with Gasteiger partial charge in [-0.1, -0.05) is 86.3 Å². The molecule has 28 heavy (non-hydrogen) atoms. The Morgan fingerprint density at radius 1 is 1.04 bits per heavy atom. The lowest BCUT2D eigenvalue weighted by Gasteiger charge is -2.26. The first-order valence-corrected chi connectivity index (χ1v) is 10.3. The van der Waals surface area contributed by atoms with Crippen LogP contribution in [0.4, 0.5) is 4.79 Å². The molecule has 2 amide bonds. The number of amides is 2. The van der Waals surface area contributed by atoms with Crippen molar-refractivity contribution in [3.8, 4) is 0 Å². The molecule has 1 saturated heterocycles. The van der Waals surface area contributed by atoms with Gasteiger partial charge in [0.05, 0.1) is 12.0 Å². The lowest BCUT2D eigenvalue weighted by Crippen LogP contribution is -2.41. The third kappa shape index (κ3) is 3.68. The minimum absolute atomic E-state index is 0.131. The normalized spacial score (nSPS) is 23.6. The molecule has 0 unspecified atom stereocenters. The lowest BCUT2D eigenvalue weighted by molar-refractivity contribution is -0.131. The zero-order chi connectivity index (χ0) is 19.5. The van der Waals surface area contributed by atoms with Gasteiger partial charge >= 0.3 is 6.09 Å². The maximum absolute atomic E-state index is 13.6. The molecule has 2 fully saturated rings. The highest BCUT2D eigenvalue weighted by Gasteiger charge is 2.45. The Hall–Kier alpha value is -2.62. The van der Waals surface area contributed by atoms with Gasteiger partial charge in [-0.05, 0) is 30.4 Å². The largest absolute Gasteiger partial charge is 0.439 e. The van der Waals surface area contributed by atoms with Gasteiger partial charge in [0, 0.05) is 0 Å². The molecule has 1 aliphatic heterocycles. The van der Waals surface area contributed by atoms with E-state index in [4.69, 9.17) is 4.74 Å². The van der Waals surface area contributed by atoms with Crippen LogP contribution in [0.15, 0.2) is 60.7 Å². The lowest BCUT2D eigenvalue weighted by atomic mass is 9.86. The Kier molecular flexibility index (Phi) is 5.47. The van der Waals surface area contributed by atoms with Crippen molar-refractivity contribution in [2.75, 3.05) is 0 Å². The number of cyclic esters (lactones) is 1. The molecule has 0 aromatic heterocycles. The fourth-order valence-electron chi connectivity index (χ4n) is 4.66. The van der Waals surface area contributed by atoms with E-state index in [1.54, 1.807) is 0 Å². The summed E-state index contributed by atoms with van der Waals surface area (Å²) < 4.78 is 5.62. The monoisotopic (exact) mass is 377 g/mol. The minimum Gasteiger partial charge on any atom is -0.439 e. The molecular weight excluding hydrogens is 350 g/mol. The zero-order valence-corrected chi connectivity index (χ0v) is 16.3. The molecule has 2 aromatic rings. The summed E-state index contributed by atoms with van der Waals surface area (Å²) in [7, 11) is 0. The van der Waals surface area contributed by atoms with Crippen molar-refractivity contribution in [2.45, 2.75) is 57.1 Å². The number of ether oxygens (including phenoxy) is 1. The standard InChI is InChI=1S/C24H27NO3/c1-17-22(20-14-6-3-7-15-20)28-24(27)25(17)23(26)21(16-18-10-8-9-11-18)19-12-4-2-5-13-19/h2-7,12-15,17-18,21-22H,8-11,16H2,1H3/t17-,21-,22-/m1/s1. The molecule has 1 saturated carbocycles. The van der Waals surface area contributed by atoms with E-state index in [-0.39, 0.29) is 17.9 Å². The van der Waals surface area contributed by atoms with Crippen LogP contribution in [-0.4, -0.2) is 22.9 Å². The molecule has 2 aliphatic rings. The summed E-state index contributed by atoms with van der Waals surface area (Å²) in [5.74, 6) is 0.121. The first kappa shape index (κ1) is 18.7. The van der Waals surface area contributed by atoms with Crippen LogP contribution < -0.4 is 0 Å². The molecular formula is C24H27NO3. The second kappa shape index (κ2) is 8.17. The van der Waals surface area contributed by atoms with Crippen LogP contribution in [0.5, 0.6) is 0 Å². The quantitative estimate of drug-likeness (QED) is 0.695. The van der Waals surface area contributed by atoms with Crippen molar-refractivity contribution >= 4 is 12.0 Å². The first-order chi connectivity index (χ1) is 13.6. The number of carbonyl (C=O) groups excluding carboxylic acids is 2. The van der Waals surface area contributed by atoms with Gasteiger partial charge in [0.15, 0.2) is 0 Å². The fourth-order valence-corrected chi connectivity index (χ4v) is 4.66. The van der Waals surface area contributed by atoms with Gasteiger partial charge in [-0.15, -0.1) is 0 Å². The summed E-state index contributed by atoms with van der Waals surface area (Å²) >= 11 is 0. The summed E-state index contributed by atoms with van der Waals surface area (Å²) in [4.78, 5) is 27.6. The molecule has 4 rings (SSSR count). The minimum atomic E-state index is -0.529. The van der Waals surface area contributed by atoms with E-state index in [2.05, 4.69) is 0 Å². The van der Waals surface area contributed by atoms with Crippen molar-refractivity contribution < 1.29 is 14.3 Å². The Labute approximate surface area is 166 Å². The second-order valence-electron chi connectivity index (χ2n) is 8.01. The van der Waals surface area contributed by atoms with Crippen LogP contribution in [0.1, 0.15) is 62.2 Å². The maximum atomic E-state index is 13.6. The zero-order valence-electron chi connectivity index (χ0n) is 16.3. The van der Waals surface area contributed by atoms with Gasteiger partial charge in [0.2, 0.25) is 5.91 Å². The van der Waals surface area contributed by atoms with Gasteiger partial charge in [-0.25, -0.2) is 9.69 Å². The average Bonchev–Trinajstić information content (AvgIpc) is 3.34. The van der Waals surface area contributed by atoms with E-state index >= 15 is 0 Å². The van der Waals surface area contributed by atoms with Crippen molar-refractivity contribution in [3.63, 3.8) is 0 Å². The summed E-state index contributed by atoms with van der Waals surface area (Å²) in [5.41, 5.74) is 1.91. The third-order valence-corrected chi connectivity index (χ3v) is 6.18. The Bertz CT molecular complexity index is 814. The van der Waals surface area contributed by atoms with Crippen LogP contribution in [0.3, 0.4) is 0 Å². The molecule has 0 radical (unpaired) electrons. The van der Waals surface area contributed by atoms with E-state index in [1.165, 1.54) is 30.6 Å². The van der Waals surface area contributed by atoms with E-state index in [0.717, 1.165) is 17.5 Å². The summed E-state index contributed by atoms with van der Waals surface area (Å²) in [6.45, 7) is 1.90. The molecule has 1 aliphatic carbocycles. The Morgan fingerprint density at radius 2 is 1.64 bits per heavy atom. The second-order valence-corrected chi connectivity index (χ2v) is 8.01. The number of nitrogens with zero attached hydrogens (tertiary/aromatic N) is 1. The summed E-state index contributed by atoms with van der Waals surface area (Å²) in [6.07, 6.45) is 4.67. The molecule has 0 N–H and O–H groups in total. The van der Waals surface area contributed by atoms with Crippen molar-refractivity contribution in [2.24, 2.45) is 5.92 Å². The molecule has 3 atom stereocenters. The number of hydrogen-bond donors (Lipinski definition) is 0. The fraction of sp³-hybridized carbons (Fsp3) is 0.417. The van der Waals surface area contributed by atoms with Gasteiger partial charge in [0.25, 0.3) is 0 Å². The van der Waals surface area contributed by atoms with E-state index in [0.29, 0.717) is 5.92 Å². The third-order valence-electron chi connectivity index (χ3n) is 6.18. The van der Waals surface area contributed by atoms with Crippen molar-refractivity contribution in [1.29, 1.82) is 0 Å². The van der Waals surface area contributed by atoms with Crippen molar-refractivity contribution in [3.05, 3.63) is 71.8 Å². The molecule has 4 nitrogen and oxygen atoms in total. The average molecular weight is 377 g/mol. The molecule has 2 aromatic carbocycles. The van der Waals surface area contributed by atoms with Crippen LogP contribution in [-0.2, 0) is 9.53 Å². The SMILES string of the molecule is C[C@@H]1[C@H](c2ccccc2)OC(=O)N1C(=O)[C@H](CC1CCCC1)c1ccccc1. The van der Waals surface area contributed by atoms with Gasteiger partial charge in [-0.3, -0.25) is 4.79 Å². The van der Waals surface area contributed by atoms with Crippen LogP contribution in [0.25, 0.3) is 0 Å². The van der Waals surface area contributed by atoms with Crippen LogP contribution in [0, 0.1) is 5.92 Å². The summed E-state index contributed by atoms with van der Waals surface area (Å²) in [5, 5.41) is 0. The van der Waals surface area contributed by atoms with E-state index in [1.807, 2.05) is 67.6 Å². The number of rotatable bonds is 5. The molecule has 146 valence electrons. The smallest absolute Gasteiger partial charge is 0.417 e.